The van der Waals surface area contributed by atoms with Crippen molar-refractivity contribution in [2.75, 3.05) is 13.1 Å². The molecule has 102 valence electrons. The molecule has 1 aliphatic heterocycles. The molecule has 0 saturated carbocycles. The van der Waals surface area contributed by atoms with Gasteiger partial charge in [-0.3, -0.25) is 9.78 Å². The van der Waals surface area contributed by atoms with Crippen LogP contribution in [-0.4, -0.2) is 39.9 Å². The van der Waals surface area contributed by atoms with E-state index in [0.29, 0.717) is 36.5 Å². The summed E-state index contributed by atoms with van der Waals surface area (Å²) >= 11 is 5.96. The first kappa shape index (κ1) is 13.6. The van der Waals surface area contributed by atoms with Gasteiger partial charge in [0.2, 0.25) is 0 Å². The first-order valence-corrected chi connectivity index (χ1v) is 6.37. The van der Waals surface area contributed by atoms with Crippen LogP contribution in [0.15, 0.2) is 23.6 Å². The molecule has 3 N–H and O–H groups in total. The van der Waals surface area contributed by atoms with Gasteiger partial charge in [0.1, 0.15) is 5.84 Å². The number of amides is 1. The monoisotopic (exact) mass is 282 g/mol. The fraction of sp³-hybridized carbons (Fsp3) is 0.417. The van der Waals surface area contributed by atoms with Gasteiger partial charge in [0.15, 0.2) is 0 Å². The topological polar surface area (TPSA) is 91.8 Å². The molecule has 0 unspecified atom stereocenters. The molecule has 0 aliphatic carbocycles. The molecule has 0 spiro atoms. The average Bonchev–Trinajstić information content (AvgIpc) is 2.46. The molecule has 0 atom stereocenters. The number of pyridine rings is 1. The molecule has 1 fully saturated rings. The van der Waals surface area contributed by atoms with E-state index in [1.54, 1.807) is 17.2 Å². The van der Waals surface area contributed by atoms with Crippen LogP contribution in [0.5, 0.6) is 0 Å². The second-order valence-corrected chi connectivity index (χ2v) is 4.85. The van der Waals surface area contributed by atoms with E-state index in [1.165, 1.54) is 6.20 Å². The molecule has 19 heavy (non-hydrogen) atoms. The van der Waals surface area contributed by atoms with Gasteiger partial charge in [0.05, 0.1) is 10.6 Å². The molecule has 2 heterocycles. The summed E-state index contributed by atoms with van der Waals surface area (Å²) in [5, 5.41) is 12.0. The number of carbonyl (C=O) groups is 1. The number of hydrogen-bond donors (Lipinski definition) is 2. The quantitative estimate of drug-likeness (QED) is 0.370. The molecule has 6 nitrogen and oxygen atoms in total. The molecule has 1 saturated heterocycles. The van der Waals surface area contributed by atoms with Gasteiger partial charge in [0, 0.05) is 31.4 Å². The molecular weight excluding hydrogens is 268 g/mol. The van der Waals surface area contributed by atoms with Crippen LogP contribution in [0.3, 0.4) is 0 Å². The minimum Gasteiger partial charge on any atom is -0.409 e. The molecule has 1 aliphatic rings. The Morgan fingerprint density at radius 1 is 1.53 bits per heavy atom. The van der Waals surface area contributed by atoms with Gasteiger partial charge in [0.25, 0.3) is 5.91 Å². The lowest BCUT2D eigenvalue weighted by atomic mass is 9.95. The second kappa shape index (κ2) is 5.88. The van der Waals surface area contributed by atoms with Gasteiger partial charge in [-0.15, -0.1) is 0 Å². The zero-order chi connectivity index (χ0) is 13.8. The summed E-state index contributed by atoms with van der Waals surface area (Å²) in [5.41, 5.74) is 6.03. The number of oxime groups is 1. The Labute approximate surface area is 115 Å². The first-order valence-electron chi connectivity index (χ1n) is 5.99. The third kappa shape index (κ3) is 2.96. The zero-order valence-electron chi connectivity index (χ0n) is 10.3. The summed E-state index contributed by atoms with van der Waals surface area (Å²) in [7, 11) is 0. The van der Waals surface area contributed by atoms with E-state index in [2.05, 4.69) is 10.1 Å². The highest BCUT2D eigenvalue weighted by molar-refractivity contribution is 6.33. The minimum absolute atomic E-state index is 0.0296. The van der Waals surface area contributed by atoms with Crippen LogP contribution < -0.4 is 5.73 Å². The number of hydrogen-bond acceptors (Lipinski definition) is 4. The molecule has 1 aromatic rings. The summed E-state index contributed by atoms with van der Waals surface area (Å²) in [6, 6.07) is 1.61. The highest BCUT2D eigenvalue weighted by Crippen LogP contribution is 2.21. The SMILES string of the molecule is NC(=NO)C1CCN(C(=O)c2ccncc2Cl)CC1. The van der Waals surface area contributed by atoms with Gasteiger partial charge in [-0.2, -0.15) is 0 Å². The summed E-state index contributed by atoms with van der Waals surface area (Å²) in [5.74, 6) is 0.154. The molecule has 1 aromatic heterocycles. The molecule has 0 aromatic carbocycles. The Morgan fingerprint density at radius 2 is 2.21 bits per heavy atom. The summed E-state index contributed by atoms with van der Waals surface area (Å²) in [6.45, 7) is 1.14. The number of halogens is 1. The number of piperidine rings is 1. The molecular formula is C12H15ClN4O2. The fourth-order valence-electron chi connectivity index (χ4n) is 2.18. The largest absolute Gasteiger partial charge is 0.409 e. The standard InChI is InChI=1S/C12H15ClN4O2/c13-10-7-15-4-1-9(10)12(18)17-5-2-8(3-6-17)11(14)16-19/h1,4,7-8,19H,2-3,5-6H2,(H2,14,16). The fourth-order valence-corrected chi connectivity index (χ4v) is 2.38. The van der Waals surface area contributed by atoms with E-state index in [-0.39, 0.29) is 17.7 Å². The zero-order valence-corrected chi connectivity index (χ0v) is 11.0. The summed E-state index contributed by atoms with van der Waals surface area (Å²) in [4.78, 5) is 17.9. The lowest BCUT2D eigenvalue weighted by molar-refractivity contribution is 0.0709. The van der Waals surface area contributed by atoms with Crippen LogP contribution in [0.1, 0.15) is 23.2 Å². The maximum Gasteiger partial charge on any atom is 0.255 e. The number of aromatic nitrogens is 1. The summed E-state index contributed by atoms with van der Waals surface area (Å²) < 4.78 is 0. The van der Waals surface area contributed by atoms with Crippen molar-refractivity contribution in [1.29, 1.82) is 0 Å². The highest BCUT2D eigenvalue weighted by Gasteiger charge is 2.26. The number of nitrogens with two attached hydrogens (primary N) is 1. The van der Waals surface area contributed by atoms with Crippen molar-refractivity contribution in [2.24, 2.45) is 16.8 Å². The van der Waals surface area contributed by atoms with Crippen LogP contribution in [0, 0.1) is 5.92 Å². The van der Waals surface area contributed by atoms with Crippen molar-refractivity contribution in [3.8, 4) is 0 Å². The first-order chi connectivity index (χ1) is 9.13. The van der Waals surface area contributed by atoms with Crippen LogP contribution >= 0.6 is 11.6 Å². The van der Waals surface area contributed by atoms with Gasteiger partial charge in [-0.05, 0) is 18.9 Å². The highest BCUT2D eigenvalue weighted by atomic mass is 35.5. The van der Waals surface area contributed by atoms with E-state index in [4.69, 9.17) is 22.5 Å². The number of carbonyl (C=O) groups excluding carboxylic acids is 1. The van der Waals surface area contributed by atoms with Crippen LogP contribution in [0.2, 0.25) is 5.02 Å². The van der Waals surface area contributed by atoms with Gasteiger partial charge < -0.3 is 15.8 Å². The predicted octanol–water partition coefficient (Wildman–Crippen LogP) is 1.33. The normalized spacial score (nSPS) is 17.5. The third-order valence-electron chi connectivity index (χ3n) is 3.32. The maximum atomic E-state index is 12.3. The van der Waals surface area contributed by atoms with Gasteiger partial charge in [-0.25, -0.2) is 0 Å². The second-order valence-electron chi connectivity index (χ2n) is 4.45. The van der Waals surface area contributed by atoms with E-state index in [9.17, 15) is 4.79 Å². The van der Waals surface area contributed by atoms with Gasteiger partial charge in [-0.1, -0.05) is 16.8 Å². The van der Waals surface area contributed by atoms with E-state index >= 15 is 0 Å². The Morgan fingerprint density at radius 3 is 2.79 bits per heavy atom. The van der Waals surface area contributed by atoms with Crippen molar-refractivity contribution in [3.05, 3.63) is 29.0 Å². The molecule has 2 rings (SSSR count). The Balaban J connectivity index is 2.02. The van der Waals surface area contributed by atoms with Crippen LogP contribution in [0.4, 0.5) is 0 Å². The van der Waals surface area contributed by atoms with Gasteiger partial charge >= 0.3 is 0 Å². The number of amidine groups is 1. The van der Waals surface area contributed by atoms with Crippen molar-refractivity contribution >= 4 is 23.3 Å². The minimum atomic E-state index is -0.106. The van der Waals surface area contributed by atoms with Crippen molar-refractivity contribution in [3.63, 3.8) is 0 Å². The molecule has 0 bridgehead atoms. The number of nitrogens with zero attached hydrogens (tertiary/aromatic N) is 3. The van der Waals surface area contributed by atoms with Crippen molar-refractivity contribution in [1.82, 2.24) is 9.88 Å². The smallest absolute Gasteiger partial charge is 0.255 e. The Hall–Kier alpha value is -1.82. The average molecular weight is 283 g/mol. The molecule has 0 radical (unpaired) electrons. The predicted molar refractivity (Wildman–Crippen MR) is 71.3 cm³/mol. The summed E-state index contributed by atoms with van der Waals surface area (Å²) in [6.07, 6.45) is 4.37. The molecule has 1 amide bonds. The number of likely N-dealkylation sites (tertiary alicyclic amines) is 1. The Bertz CT molecular complexity index is 498. The Kier molecular flexibility index (Phi) is 4.21. The van der Waals surface area contributed by atoms with Crippen molar-refractivity contribution < 1.29 is 10.0 Å². The maximum absolute atomic E-state index is 12.3. The lowest BCUT2D eigenvalue weighted by Gasteiger charge is -2.31. The van der Waals surface area contributed by atoms with Crippen molar-refractivity contribution in [2.45, 2.75) is 12.8 Å². The van der Waals surface area contributed by atoms with E-state index in [0.717, 1.165) is 0 Å². The van der Waals surface area contributed by atoms with Crippen LogP contribution in [-0.2, 0) is 0 Å². The van der Waals surface area contributed by atoms with E-state index < -0.39 is 0 Å². The number of rotatable bonds is 2. The lowest BCUT2D eigenvalue weighted by Crippen LogP contribution is -2.41. The van der Waals surface area contributed by atoms with Crippen LogP contribution in [0.25, 0.3) is 0 Å². The third-order valence-corrected chi connectivity index (χ3v) is 3.62. The van der Waals surface area contributed by atoms with E-state index in [1.807, 2.05) is 0 Å². The molecule has 7 heteroatoms.